The number of alkyl halides is 2. The Morgan fingerprint density at radius 3 is 2.62 bits per heavy atom. The van der Waals surface area contributed by atoms with Crippen LogP contribution in [0.15, 0.2) is 42.6 Å². The molecule has 8 heteroatoms. The average molecular weight is 510 g/mol. The fourth-order valence-corrected chi connectivity index (χ4v) is 6.49. The normalized spacial score (nSPS) is 23.0. The third kappa shape index (κ3) is 4.50. The van der Waals surface area contributed by atoms with E-state index in [-0.39, 0.29) is 36.2 Å². The minimum atomic E-state index is -2.56. The summed E-state index contributed by atoms with van der Waals surface area (Å²) in [6.07, 6.45) is 3.30. The maximum Gasteiger partial charge on any atom is 0.251 e. The van der Waals surface area contributed by atoms with Crippen LogP contribution in [0.1, 0.15) is 58.8 Å². The Labute approximate surface area is 215 Å². The predicted molar refractivity (Wildman–Crippen MR) is 137 cm³/mol. The van der Waals surface area contributed by atoms with E-state index in [0.29, 0.717) is 31.7 Å². The number of aryl methyl sites for hydroxylation is 1. The SMILES string of the molecule is COc1cc(C)c2[nH]ccc2c1CN1CCC2(CC1c1ccc(C(=O)NC3COC3)cc1)CC(F)(F)C2. The van der Waals surface area contributed by atoms with Gasteiger partial charge in [0.25, 0.3) is 5.91 Å². The van der Waals surface area contributed by atoms with Crippen LogP contribution >= 0.6 is 0 Å². The molecular weight excluding hydrogens is 476 g/mol. The van der Waals surface area contributed by atoms with E-state index in [9.17, 15) is 13.6 Å². The van der Waals surface area contributed by atoms with Crippen LogP contribution in [-0.4, -0.2) is 54.6 Å². The van der Waals surface area contributed by atoms with Crippen molar-refractivity contribution in [3.8, 4) is 5.75 Å². The number of likely N-dealkylation sites (tertiary alicyclic amines) is 1. The van der Waals surface area contributed by atoms with Gasteiger partial charge in [-0.05, 0) is 67.1 Å². The molecule has 1 aliphatic carbocycles. The third-order valence-corrected chi connectivity index (χ3v) is 8.49. The van der Waals surface area contributed by atoms with E-state index in [1.165, 1.54) is 0 Å². The van der Waals surface area contributed by atoms with Crippen molar-refractivity contribution in [2.24, 2.45) is 5.41 Å². The summed E-state index contributed by atoms with van der Waals surface area (Å²) in [7, 11) is 1.69. The zero-order valence-electron chi connectivity index (χ0n) is 21.3. The second-order valence-corrected chi connectivity index (χ2v) is 11.1. The van der Waals surface area contributed by atoms with Crippen LogP contribution in [0.3, 0.4) is 0 Å². The van der Waals surface area contributed by atoms with Gasteiger partial charge in [0.2, 0.25) is 5.92 Å². The molecule has 196 valence electrons. The van der Waals surface area contributed by atoms with Crippen molar-refractivity contribution in [1.82, 2.24) is 15.2 Å². The molecule has 1 atom stereocenters. The van der Waals surface area contributed by atoms with Crippen molar-refractivity contribution < 1.29 is 23.0 Å². The van der Waals surface area contributed by atoms with Crippen LogP contribution in [0, 0.1) is 12.3 Å². The van der Waals surface area contributed by atoms with E-state index in [0.717, 1.165) is 46.3 Å². The summed E-state index contributed by atoms with van der Waals surface area (Å²) in [4.78, 5) is 18.3. The first-order valence-electron chi connectivity index (χ1n) is 13.0. The van der Waals surface area contributed by atoms with Gasteiger partial charge in [-0.3, -0.25) is 9.69 Å². The van der Waals surface area contributed by atoms with Crippen LogP contribution in [0.5, 0.6) is 5.75 Å². The van der Waals surface area contributed by atoms with Gasteiger partial charge in [-0.15, -0.1) is 0 Å². The lowest BCUT2D eigenvalue weighted by Gasteiger charge is -2.54. The molecule has 1 amide bonds. The number of aromatic amines is 1. The summed E-state index contributed by atoms with van der Waals surface area (Å²) in [5.41, 5.74) is 4.63. The molecule has 3 fully saturated rings. The molecule has 0 radical (unpaired) electrons. The molecule has 2 aromatic carbocycles. The molecule has 6 nitrogen and oxygen atoms in total. The second-order valence-electron chi connectivity index (χ2n) is 11.1. The zero-order chi connectivity index (χ0) is 25.8. The standard InChI is InChI=1S/C29H33F2N3O3/c1-18-11-25(36-2)23(22-7-9-32-26(18)22)13-34-10-8-28(16-29(30,31)17-28)12-24(34)19-3-5-20(6-4-19)27(35)33-21-14-37-15-21/h3-7,9,11,21,24,32H,8,10,12-17H2,1-2H3,(H,33,35). The molecule has 0 bridgehead atoms. The number of nitrogens with one attached hydrogen (secondary N) is 2. The fraction of sp³-hybridized carbons (Fsp3) is 0.483. The number of benzene rings is 2. The second kappa shape index (κ2) is 9.10. The number of aromatic nitrogens is 1. The van der Waals surface area contributed by atoms with E-state index in [1.54, 1.807) is 7.11 Å². The zero-order valence-corrected chi connectivity index (χ0v) is 21.3. The lowest BCUT2D eigenvalue weighted by Crippen LogP contribution is -2.53. The number of carbonyl (C=O) groups is 1. The van der Waals surface area contributed by atoms with Crippen LogP contribution in [-0.2, 0) is 11.3 Å². The number of ether oxygens (including phenoxy) is 2. The highest BCUT2D eigenvalue weighted by Crippen LogP contribution is 2.60. The summed E-state index contributed by atoms with van der Waals surface area (Å²) in [6, 6.07) is 11.8. The van der Waals surface area contributed by atoms with Gasteiger partial charge in [0.15, 0.2) is 0 Å². The van der Waals surface area contributed by atoms with Gasteiger partial charge >= 0.3 is 0 Å². The molecule has 3 aromatic rings. The summed E-state index contributed by atoms with van der Waals surface area (Å²) >= 11 is 0. The fourth-order valence-electron chi connectivity index (χ4n) is 6.49. The largest absolute Gasteiger partial charge is 0.496 e. The quantitative estimate of drug-likeness (QED) is 0.469. The topological polar surface area (TPSA) is 66.6 Å². The molecule has 1 unspecified atom stereocenters. The number of hydrogen-bond donors (Lipinski definition) is 2. The number of nitrogens with zero attached hydrogens (tertiary/aromatic N) is 1. The van der Waals surface area contributed by atoms with Crippen molar-refractivity contribution in [2.45, 2.75) is 57.2 Å². The van der Waals surface area contributed by atoms with Crippen molar-refractivity contribution in [3.63, 3.8) is 0 Å². The number of H-pyrrole nitrogens is 1. The highest BCUT2D eigenvalue weighted by atomic mass is 19.3. The molecular formula is C29H33F2N3O3. The molecule has 2 N–H and O–H groups in total. The van der Waals surface area contributed by atoms with Gasteiger partial charge in [-0.25, -0.2) is 8.78 Å². The molecule has 37 heavy (non-hydrogen) atoms. The highest BCUT2D eigenvalue weighted by Gasteiger charge is 2.58. The predicted octanol–water partition coefficient (Wildman–Crippen LogP) is 5.37. The third-order valence-electron chi connectivity index (χ3n) is 8.49. The van der Waals surface area contributed by atoms with Gasteiger partial charge in [0.1, 0.15) is 5.75 Å². The number of piperidine rings is 1. The van der Waals surface area contributed by atoms with Crippen molar-refractivity contribution >= 4 is 16.8 Å². The Kier molecular flexibility index (Phi) is 5.99. The Bertz CT molecular complexity index is 1310. The highest BCUT2D eigenvalue weighted by molar-refractivity contribution is 5.94. The smallest absolute Gasteiger partial charge is 0.251 e. The van der Waals surface area contributed by atoms with Crippen molar-refractivity contribution in [1.29, 1.82) is 0 Å². The van der Waals surface area contributed by atoms with Crippen LogP contribution in [0.25, 0.3) is 10.9 Å². The number of hydrogen-bond acceptors (Lipinski definition) is 4. The summed E-state index contributed by atoms with van der Waals surface area (Å²) in [6.45, 7) is 4.53. The number of halogens is 2. The molecule has 1 spiro atoms. The Hall–Kier alpha value is -2.97. The van der Waals surface area contributed by atoms with Gasteiger partial charge in [0, 0.05) is 53.7 Å². The lowest BCUT2D eigenvalue weighted by molar-refractivity contribution is -0.186. The maximum absolute atomic E-state index is 14.0. The minimum absolute atomic E-state index is 0.0259. The number of rotatable bonds is 6. The molecule has 2 aliphatic heterocycles. The van der Waals surface area contributed by atoms with E-state index >= 15 is 0 Å². The van der Waals surface area contributed by atoms with Gasteiger partial charge in [0.05, 0.1) is 26.4 Å². The molecule has 6 rings (SSSR count). The van der Waals surface area contributed by atoms with E-state index in [1.807, 2.05) is 30.5 Å². The number of carbonyl (C=O) groups excluding carboxylic acids is 1. The molecule has 2 saturated heterocycles. The van der Waals surface area contributed by atoms with E-state index in [4.69, 9.17) is 9.47 Å². The van der Waals surface area contributed by atoms with E-state index < -0.39 is 5.92 Å². The van der Waals surface area contributed by atoms with Gasteiger partial charge < -0.3 is 19.8 Å². The first kappa shape index (κ1) is 24.4. The van der Waals surface area contributed by atoms with Crippen LogP contribution < -0.4 is 10.1 Å². The van der Waals surface area contributed by atoms with Crippen LogP contribution in [0.2, 0.25) is 0 Å². The Morgan fingerprint density at radius 1 is 1.22 bits per heavy atom. The number of methoxy groups -OCH3 is 1. The average Bonchev–Trinajstić information content (AvgIpc) is 3.33. The molecule has 3 heterocycles. The Morgan fingerprint density at radius 2 is 1.97 bits per heavy atom. The molecule has 1 aromatic heterocycles. The van der Waals surface area contributed by atoms with E-state index in [2.05, 4.69) is 34.3 Å². The lowest BCUT2D eigenvalue weighted by atomic mass is 9.59. The van der Waals surface area contributed by atoms with Gasteiger partial charge in [-0.1, -0.05) is 12.1 Å². The first-order chi connectivity index (χ1) is 17.8. The monoisotopic (exact) mass is 509 g/mol. The maximum atomic E-state index is 14.0. The summed E-state index contributed by atoms with van der Waals surface area (Å²) in [5.74, 6) is -1.84. The van der Waals surface area contributed by atoms with Crippen LogP contribution in [0.4, 0.5) is 8.78 Å². The van der Waals surface area contributed by atoms with Gasteiger partial charge in [-0.2, -0.15) is 0 Å². The number of amides is 1. The Balaban J connectivity index is 1.29. The van der Waals surface area contributed by atoms with Crippen molar-refractivity contribution in [2.75, 3.05) is 26.9 Å². The van der Waals surface area contributed by atoms with Crippen molar-refractivity contribution in [3.05, 3.63) is 64.8 Å². The molecule has 1 saturated carbocycles. The molecule has 3 aliphatic rings. The minimum Gasteiger partial charge on any atom is -0.496 e. The number of fused-ring (bicyclic) bond motifs is 1. The summed E-state index contributed by atoms with van der Waals surface area (Å²) < 4.78 is 38.9. The first-order valence-corrected chi connectivity index (χ1v) is 13.0. The summed E-state index contributed by atoms with van der Waals surface area (Å²) in [5, 5.41) is 4.09.